The third-order valence-electron chi connectivity index (χ3n) is 4.10. The van der Waals surface area contributed by atoms with Crippen molar-refractivity contribution in [2.24, 2.45) is 0 Å². The van der Waals surface area contributed by atoms with E-state index < -0.39 is 24.0 Å². The molecule has 2 aromatic carbocycles. The molecule has 8 nitrogen and oxygen atoms in total. The van der Waals surface area contributed by atoms with Crippen LogP contribution in [0, 0.1) is 0 Å². The van der Waals surface area contributed by atoms with E-state index in [0.29, 0.717) is 11.4 Å². The highest BCUT2D eigenvalue weighted by atomic mass is 16.5. The lowest BCUT2D eigenvalue weighted by atomic mass is 10.0. The van der Waals surface area contributed by atoms with E-state index in [1.165, 1.54) is 20.8 Å². The maximum Gasteiger partial charge on any atom is 0.309 e. The second kappa shape index (κ2) is 10.8. The Morgan fingerprint density at radius 2 is 1.40 bits per heavy atom. The van der Waals surface area contributed by atoms with E-state index in [-0.39, 0.29) is 18.2 Å². The summed E-state index contributed by atoms with van der Waals surface area (Å²) in [6.07, 6.45) is -1.13. The van der Waals surface area contributed by atoms with Crippen molar-refractivity contribution in [1.29, 1.82) is 0 Å². The highest BCUT2D eigenvalue weighted by molar-refractivity contribution is 5.95. The average Bonchev–Trinajstić information content (AvgIpc) is 2.68. The summed E-state index contributed by atoms with van der Waals surface area (Å²) in [5.74, 6) is -1.57. The van der Waals surface area contributed by atoms with Gasteiger partial charge in [-0.15, -0.1) is 0 Å². The quantitative estimate of drug-likeness (QED) is 0.578. The van der Waals surface area contributed by atoms with Crippen molar-refractivity contribution in [3.05, 3.63) is 60.2 Å². The lowest BCUT2D eigenvalue weighted by Gasteiger charge is -2.19. The minimum atomic E-state index is -1.03. The molecule has 0 aliphatic heterocycles. The number of carbonyl (C=O) groups excluding carboxylic acids is 4. The van der Waals surface area contributed by atoms with Gasteiger partial charge in [-0.3, -0.25) is 19.2 Å². The normalized spacial score (nSPS) is 12.2. The van der Waals surface area contributed by atoms with Gasteiger partial charge in [-0.1, -0.05) is 30.3 Å². The minimum Gasteiger partial charge on any atom is -0.452 e. The summed E-state index contributed by atoms with van der Waals surface area (Å²) in [6.45, 7) is 4.24. The van der Waals surface area contributed by atoms with Crippen molar-refractivity contribution in [1.82, 2.24) is 5.32 Å². The number of rotatable bonds is 8. The smallest absolute Gasteiger partial charge is 0.309 e. The molecule has 0 aliphatic carbocycles. The van der Waals surface area contributed by atoms with Crippen molar-refractivity contribution in [2.75, 3.05) is 10.6 Å². The van der Waals surface area contributed by atoms with Gasteiger partial charge in [-0.2, -0.15) is 0 Å². The molecule has 2 atom stereocenters. The third kappa shape index (κ3) is 7.38. The fourth-order valence-electron chi connectivity index (χ4n) is 2.73. The zero-order chi connectivity index (χ0) is 22.1. The molecule has 0 radical (unpaired) electrons. The summed E-state index contributed by atoms with van der Waals surface area (Å²) in [4.78, 5) is 47.2. The molecular weight excluding hydrogens is 386 g/mol. The zero-order valence-corrected chi connectivity index (χ0v) is 17.1. The Hall–Kier alpha value is -3.68. The monoisotopic (exact) mass is 411 g/mol. The van der Waals surface area contributed by atoms with Gasteiger partial charge < -0.3 is 20.7 Å². The van der Waals surface area contributed by atoms with Gasteiger partial charge in [-0.05, 0) is 36.8 Å². The molecule has 0 fully saturated rings. The van der Waals surface area contributed by atoms with Crippen molar-refractivity contribution >= 4 is 35.1 Å². The first-order valence-corrected chi connectivity index (χ1v) is 9.44. The molecule has 0 saturated heterocycles. The largest absolute Gasteiger partial charge is 0.452 e. The van der Waals surface area contributed by atoms with E-state index in [0.717, 1.165) is 5.56 Å². The lowest BCUT2D eigenvalue weighted by Crippen LogP contribution is -2.33. The van der Waals surface area contributed by atoms with Crippen LogP contribution >= 0.6 is 0 Å². The maximum absolute atomic E-state index is 12.3. The molecule has 0 heterocycles. The second-order valence-corrected chi connectivity index (χ2v) is 6.75. The number of amides is 3. The molecule has 3 amide bonds. The topological polar surface area (TPSA) is 114 Å². The predicted octanol–water partition coefficient (Wildman–Crippen LogP) is 2.78. The molecule has 0 aliphatic rings. The van der Waals surface area contributed by atoms with Gasteiger partial charge in [0.2, 0.25) is 11.8 Å². The molecule has 3 N–H and O–H groups in total. The van der Waals surface area contributed by atoms with Crippen LogP contribution in [0.4, 0.5) is 11.4 Å². The van der Waals surface area contributed by atoms with E-state index in [1.54, 1.807) is 36.4 Å². The molecule has 2 aromatic rings. The molecular formula is C22H25N3O5. The Kier molecular flexibility index (Phi) is 8.10. The summed E-state index contributed by atoms with van der Waals surface area (Å²) >= 11 is 0. The van der Waals surface area contributed by atoms with Crippen LogP contribution in [0.1, 0.15) is 38.8 Å². The fourth-order valence-corrected chi connectivity index (χ4v) is 2.73. The molecule has 0 unspecified atom stereocenters. The van der Waals surface area contributed by atoms with Gasteiger partial charge in [0.1, 0.15) is 0 Å². The van der Waals surface area contributed by atoms with Gasteiger partial charge in [0.15, 0.2) is 6.10 Å². The maximum atomic E-state index is 12.3. The van der Waals surface area contributed by atoms with E-state index in [4.69, 9.17) is 4.74 Å². The number of hydrogen-bond donors (Lipinski definition) is 3. The van der Waals surface area contributed by atoms with Crippen LogP contribution in [0.5, 0.6) is 0 Å². The summed E-state index contributed by atoms with van der Waals surface area (Å²) in [7, 11) is 0. The Morgan fingerprint density at radius 3 is 1.93 bits per heavy atom. The first-order chi connectivity index (χ1) is 14.2. The van der Waals surface area contributed by atoms with Crippen LogP contribution in [0.3, 0.4) is 0 Å². The van der Waals surface area contributed by atoms with Gasteiger partial charge in [0.25, 0.3) is 5.91 Å². The Bertz CT molecular complexity index is 897. The molecule has 8 heteroatoms. The molecule has 30 heavy (non-hydrogen) atoms. The predicted molar refractivity (Wildman–Crippen MR) is 113 cm³/mol. The fraction of sp³-hybridized carbons (Fsp3) is 0.273. The van der Waals surface area contributed by atoms with Crippen LogP contribution in [0.15, 0.2) is 54.6 Å². The van der Waals surface area contributed by atoms with Crippen molar-refractivity contribution in [3.63, 3.8) is 0 Å². The Morgan fingerprint density at radius 1 is 0.833 bits per heavy atom. The number of ether oxygens (including phenoxy) is 1. The van der Waals surface area contributed by atoms with Crippen LogP contribution in [-0.4, -0.2) is 29.8 Å². The summed E-state index contributed by atoms with van der Waals surface area (Å²) < 4.78 is 5.23. The van der Waals surface area contributed by atoms with Crippen molar-refractivity contribution in [3.8, 4) is 0 Å². The van der Waals surface area contributed by atoms with Crippen LogP contribution in [0.25, 0.3) is 0 Å². The van der Waals surface area contributed by atoms with Gasteiger partial charge in [-0.25, -0.2) is 0 Å². The Labute approximate surface area is 175 Å². The average molecular weight is 411 g/mol. The minimum absolute atomic E-state index is 0.105. The van der Waals surface area contributed by atoms with Crippen molar-refractivity contribution < 1.29 is 23.9 Å². The SMILES string of the molecule is CC(=O)Nc1ccc(NC(=O)[C@H](C)OC(=O)C[C@H](NC(C)=O)c2ccccc2)cc1. The van der Waals surface area contributed by atoms with Gasteiger partial charge >= 0.3 is 5.97 Å². The Balaban J connectivity index is 1.92. The highest BCUT2D eigenvalue weighted by Crippen LogP contribution is 2.18. The molecule has 2 rings (SSSR count). The molecule has 0 aromatic heterocycles. The molecule has 0 saturated carbocycles. The van der Waals surface area contributed by atoms with Crippen LogP contribution in [0.2, 0.25) is 0 Å². The standard InChI is InChI=1S/C22H25N3O5/c1-14(22(29)25-19-11-9-18(10-12-19)23-15(2)26)30-21(28)13-20(24-16(3)27)17-7-5-4-6-8-17/h4-12,14,20H,13H2,1-3H3,(H,23,26)(H,24,27)(H,25,29)/t14-,20-/m0/s1. The number of nitrogens with one attached hydrogen (secondary N) is 3. The molecule has 0 bridgehead atoms. The van der Waals surface area contributed by atoms with E-state index in [2.05, 4.69) is 16.0 Å². The van der Waals surface area contributed by atoms with E-state index in [9.17, 15) is 19.2 Å². The first kappa shape index (κ1) is 22.6. The summed E-state index contributed by atoms with van der Waals surface area (Å²) in [5.41, 5.74) is 1.86. The van der Waals surface area contributed by atoms with E-state index >= 15 is 0 Å². The number of esters is 1. The molecule has 0 spiro atoms. The second-order valence-electron chi connectivity index (χ2n) is 6.75. The van der Waals surface area contributed by atoms with E-state index in [1.807, 2.05) is 18.2 Å². The van der Waals surface area contributed by atoms with Gasteiger partial charge in [0, 0.05) is 25.2 Å². The molecule has 158 valence electrons. The summed E-state index contributed by atoms with van der Waals surface area (Å²) in [5, 5.41) is 7.99. The highest BCUT2D eigenvalue weighted by Gasteiger charge is 2.22. The number of benzene rings is 2. The zero-order valence-electron chi connectivity index (χ0n) is 17.1. The van der Waals surface area contributed by atoms with Crippen LogP contribution < -0.4 is 16.0 Å². The number of carbonyl (C=O) groups is 4. The summed E-state index contributed by atoms with van der Waals surface area (Å²) in [6, 6.07) is 15.0. The lowest BCUT2D eigenvalue weighted by molar-refractivity contribution is -0.153. The number of anilines is 2. The van der Waals surface area contributed by atoms with Crippen molar-refractivity contribution in [2.45, 2.75) is 39.3 Å². The first-order valence-electron chi connectivity index (χ1n) is 9.44. The van der Waals surface area contributed by atoms with Gasteiger partial charge in [0.05, 0.1) is 12.5 Å². The third-order valence-corrected chi connectivity index (χ3v) is 4.10. The number of hydrogen-bond acceptors (Lipinski definition) is 5. The van der Waals surface area contributed by atoms with Crippen LogP contribution in [-0.2, 0) is 23.9 Å².